The number of sulfonamides is 1. The van der Waals surface area contributed by atoms with E-state index in [1.807, 2.05) is 0 Å². The quantitative estimate of drug-likeness (QED) is 0.745. The van der Waals surface area contributed by atoms with Gasteiger partial charge in [0.15, 0.2) is 5.78 Å². The zero-order valence-corrected chi connectivity index (χ0v) is 8.95. The van der Waals surface area contributed by atoms with E-state index < -0.39 is 15.8 Å². The van der Waals surface area contributed by atoms with Gasteiger partial charge < -0.3 is 4.74 Å². The molecule has 0 aliphatic rings. The molecular formula is C9H11NO4S. The predicted octanol–water partition coefficient (Wildman–Crippen LogP) is 0.163. The van der Waals surface area contributed by atoms with Crippen LogP contribution in [0.4, 0.5) is 0 Å². The second-order valence-electron chi connectivity index (χ2n) is 2.90. The Morgan fingerprint density at radius 1 is 1.40 bits per heavy atom. The Morgan fingerprint density at radius 2 is 2.00 bits per heavy atom. The van der Waals surface area contributed by atoms with Gasteiger partial charge in [0.1, 0.15) is 6.61 Å². The Labute approximate surface area is 87.9 Å². The molecule has 2 N–H and O–H groups in total. The van der Waals surface area contributed by atoms with Crippen LogP contribution in [-0.4, -0.2) is 27.9 Å². The first kappa shape index (κ1) is 11.8. The zero-order valence-electron chi connectivity index (χ0n) is 8.14. The van der Waals surface area contributed by atoms with Crippen LogP contribution < -0.4 is 5.14 Å². The van der Waals surface area contributed by atoms with E-state index in [4.69, 9.17) is 5.14 Å². The molecule has 0 bridgehead atoms. The number of primary sulfonamides is 1. The number of ether oxygens (including phenoxy) is 1. The number of methoxy groups -OCH3 is 1. The van der Waals surface area contributed by atoms with Crippen molar-refractivity contribution in [2.45, 2.75) is 4.90 Å². The molecule has 0 radical (unpaired) electrons. The van der Waals surface area contributed by atoms with Crippen LogP contribution in [0.3, 0.4) is 0 Å². The molecule has 6 heteroatoms. The molecule has 0 aromatic heterocycles. The largest absolute Gasteiger partial charge is 0.377 e. The van der Waals surface area contributed by atoms with Crippen LogP contribution in [0.25, 0.3) is 0 Å². The molecule has 1 aromatic carbocycles. The van der Waals surface area contributed by atoms with Gasteiger partial charge in [0.2, 0.25) is 10.0 Å². The summed E-state index contributed by atoms with van der Waals surface area (Å²) in [6.07, 6.45) is 0. The van der Waals surface area contributed by atoms with Gasteiger partial charge in [-0.2, -0.15) is 0 Å². The summed E-state index contributed by atoms with van der Waals surface area (Å²) in [6.45, 7) is -0.174. The van der Waals surface area contributed by atoms with Crippen LogP contribution in [0.15, 0.2) is 29.2 Å². The topological polar surface area (TPSA) is 86.5 Å². The van der Waals surface area contributed by atoms with Crippen LogP contribution in [-0.2, 0) is 14.8 Å². The van der Waals surface area contributed by atoms with Crippen molar-refractivity contribution in [2.24, 2.45) is 5.14 Å². The van der Waals surface area contributed by atoms with Gasteiger partial charge in [0.05, 0.1) is 4.90 Å². The fraction of sp³-hybridized carbons (Fsp3) is 0.222. The first-order valence-electron chi connectivity index (χ1n) is 4.11. The maximum absolute atomic E-state index is 11.5. The highest BCUT2D eigenvalue weighted by Crippen LogP contribution is 2.14. The Morgan fingerprint density at radius 3 is 2.53 bits per heavy atom. The molecule has 0 amide bonds. The van der Waals surface area contributed by atoms with E-state index in [0.717, 1.165) is 0 Å². The lowest BCUT2D eigenvalue weighted by Gasteiger charge is -2.05. The summed E-state index contributed by atoms with van der Waals surface area (Å²) in [5, 5.41) is 4.97. The maximum atomic E-state index is 11.5. The summed E-state index contributed by atoms with van der Waals surface area (Å²) < 4.78 is 26.9. The molecule has 0 heterocycles. The molecule has 0 spiro atoms. The van der Waals surface area contributed by atoms with Crippen molar-refractivity contribution < 1.29 is 17.9 Å². The van der Waals surface area contributed by atoms with Gasteiger partial charge in [-0.25, -0.2) is 13.6 Å². The number of carbonyl (C=O) groups is 1. The second kappa shape index (κ2) is 4.52. The number of rotatable bonds is 4. The lowest BCUT2D eigenvalue weighted by atomic mass is 10.1. The molecule has 82 valence electrons. The normalized spacial score (nSPS) is 11.3. The van der Waals surface area contributed by atoms with Gasteiger partial charge in [-0.1, -0.05) is 12.1 Å². The van der Waals surface area contributed by atoms with E-state index in [0.29, 0.717) is 0 Å². The van der Waals surface area contributed by atoms with Gasteiger partial charge in [-0.3, -0.25) is 4.79 Å². The fourth-order valence-electron chi connectivity index (χ4n) is 1.15. The molecule has 1 aromatic rings. The summed E-state index contributed by atoms with van der Waals surface area (Å²) in [4.78, 5) is 11.3. The average Bonchev–Trinajstić information content (AvgIpc) is 2.17. The minimum absolute atomic E-state index is 0.0573. The smallest absolute Gasteiger partial charge is 0.238 e. The molecular weight excluding hydrogens is 218 g/mol. The van der Waals surface area contributed by atoms with Crippen molar-refractivity contribution in [1.82, 2.24) is 0 Å². The lowest BCUT2D eigenvalue weighted by molar-refractivity contribution is 0.0844. The molecule has 0 unspecified atom stereocenters. The van der Waals surface area contributed by atoms with Crippen LogP contribution >= 0.6 is 0 Å². The molecule has 1 rings (SSSR count). The van der Waals surface area contributed by atoms with Gasteiger partial charge in [-0.15, -0.1) is 0 Å². The highest BCUT2D eigenvalue weighted by atomic mass is 32.2. The van der Waals surface area contributed by atoms with Crippen LogP contribution in [0.5, 0.6) is 0 Å². The van der Waals surface area contributed by atoms with Gasteiger partial charge in [-0.05, 0) is 12.1 Å². The molecule has 0 saturated carbocycles. The molecule has 5 nitrogen and oxygen atoms in total. The Hall–Kier alpha value is -1.24. The van der Waals surface area contributed by atoms with E-state index >= 15 is 0 Å². The molecule has 0 atom stereocenters. The number of hydrogen-bond donors (Lipinski definition) is 1. The third-order valence-electron chi connectivity index (χ3n) is 1.77. The third kappa shape index (κ3) is 2.85. The predicted molar refractivity (Wildman–Crippen MR) is 54.0 cm³/mol. The molecule has 0 aliphatic heterocycles. The number of ketones is 1. The molecule has 15 heavy (non-hydrogen) atoms. The van der Waals surface area contributed by atoms with Gasteiger partial charge in [0.25, 0.3) is 0 Å². The van der Waals surface area contributed by atoms with Crippen molar-refractivity contribution in [3.63, 3.8) is 0 Å². The highest BCUT2D eigenvalue weighted by molar-refractivity contribution is 7.89. The summed E-state index contributed by atoms with van der Waals surface area (Å²) in [5.74, 6) is -0.415. The maximum Gasteiger partial charge on any atom is 0.238 e. The Bertz CT molecular complexity index is 467. The third-order valence-corrected chi connectivity index (χ3v) is 2.74. The van der Waals surface area contributed by atoms with E-state index in [2.05, 4.69) is 4.74 Å². The lowest BCUT2D eigenvalue weighted by Crippen LogP contribution is -2.18. The number of hydrogen-bond acceptors (Lipinski definition) is 4. The summed E-state index contributed by atoms with van der Waals surface area (Å²) >= 11 is 0. The summed E-state index contributed by atoms with van der Waals surface area (Å²) in [7, 11) is -2.51. The Balaban J connectivity index is 3.25. The van der Waals surface area contributed by atoms with E-state index in [1.165, 1.54) is 25.3 Å². The van der Waals surface area contributed by atoms with Gasteiger partial charge in [0, 0.05) is 12.7 Å². The second-order valence-corrected chi connectivity index (χ2v) is 4.43. The van der Waals surface area contributed by atoms with Crippen molar-refractivity contribution >= 4 is 15.8 Å². The van der Waals surface area contributed by atoms with Crippen LogP contribution in [0.1, 0.15) is 10.4 Å². The van der Waals surface area contributed by atoms with Crippen molar-refractivity contribution in [1.29, 1.82) is 0 Å². The number of carbonyl (C=O) groups excluding carboxylic acids is 1. The number of benzene rings is 1. The number of nitrogens with two attached hydrogens (primary N) is 1. The van der Waals surface area contributed by atoms with E-state index in [1.54, 1.807) is 6.07 Å². The minimum atomic E-state index is -3.87. The van der Waals surface area contributed by atoms with E-state index in [9.17, 15) is 13.2 Å². The first-order valence-corrected chi connectivity index (χ1v) is 5.65. The van der Waals surface area contributed by atoms with Crippen molar-refractivity contribution in [3.05, 3.63) is 29.8 Å². The fourth-order valence-corrected chi connectivity index (χ4v) is 1.91. The SMILES string of the molecule is COCC(=O)c1ccccc1S(N)(=O)=O. The monoisotopic (exact) mass is 229 g/mol. The van der Waals surface area contributed by atoms with Crippen molar-refractivity contribution in [3.8, 4) is 0 Å². The van der Waals surface area contributed by atoms with E-state index in [-0.39, 0.29) is 17.1 Å². The van der Waals surface area contributed by atoms with Crippen molar-refractivity contribution in [2.75, 3.05) is 13.7 Å². The van der Waals surface area contributed by atoms with Crippen LogP contribution in [0, 0.1) is 0 Å². The molecule has 0 aliphatic carbocycles. The minimum Gasteiger partial charge on any atom is -0.377 e. The Kier molecular flexibility index (Phi) is 3.57. The van der Waals surface area contributed by atoms with Crippen LogP contribution in [0.2, 0.25) is 0 Å². The average molecular weight is 229 g/mol. The molecule has 0 saturated heterocycles. The highest BCUT2D eigenvalue weighted by Gasteiger charge is 2.17. The zero-order chi connectivity index (χ0) is 11.5. The molecule has 0 fully saturated rings. The summed E-state index contributed by atoms with van der Waals surface area (Å²) in [6, 6.07) is 5.76. The summed E-state index contributed by atoms with van der Waals surface area (Å²) in [5.41, 5.74) is 0.0573. The number of Topliss-reactive ketones (excluding diaryl/α,β-unsaturated/α-hetero) is 1. The van der Waals surface area contributed by atoms with Gasteiger partial charge >= 0.3 is 0 Å². The standard InChI is InChI=1S/C9H11NO4S/c1-14-6-8(11)7-4-2-3-5-9(7)15(10,12)13/h2-5H,6H2,1H3,(H2,10,12,13). The first-order chi connectivity index (χ1) is 6.96.